The zero-order valence-corrected chi connectivity index (χ0v) is 13.1. The second-order valence-corrected chi connectivity index (χ2v) is 8.04. The van der Waals surface area contributed by atoms with Crippen LogP contribution in [0.1, 0.15) is 33.1 Å². The highest BCUT2D eigenvalue weighted by Crippen LogP contribution is 2.71. The van der Waals surface area contributed by atoms with Crippen LogP contribution in [-0.2, 0) is 0 Å². The van der Waals surface area contributed by atoms with Crippen molar-refractivity contribution in [2.45, 2.75) is 65.9 Å². The van der Waals surface area contributed by atoms with Gasteiger partial charge in [-0.05, 0) is 6.42 Å². The molecule has 0 spiro atoms. The maximum atomic E-state index is 14.2. The first-order chi connectivity index (χ1) is 9.02. The Kier molecular flexibility index (Phi) is 4.37. The predicted molar refractivity (Wildman–Crippen MR) is 65.6 cm³/mol. The molecule has 21 heavy (non-hydrogen) atoms. The number of rotatable bonds is 4. The number of alkyl halides is 10. The first-order valence-electron chi connectivity index (χ1n) is 5.91. The van der Waals surface area contributed by atoms with Gasteiger partial charge in [-0.2, -0.15) is 35.1 Å². The normalized spacial score (nSPS) is 30.9. The third kappa shape index (κ3) is 2.17. The van der Waals surface area contributed by atoms with Crippen molar-refractivity contribution in [3.63, 3.8) is 0 Å². The SMILES string of the molecule is CCCC(C)(I)CC1(F)C(F)(F)C(F)(F)C(F)(F)C1(F)F. The molecule has 0 nitrogen and oxygen atoms in total. The molecular formula is C11H12F9I. The summed E-state index contributed by atoms with van der Waals surface area (Å²) in [5.74, 6) is -25.3. The first-order valence-corrected chi connectivity index (χ1v) is 6.99. The Morgan fingerprint density at radius 2 is 1.10 bits per heavy atom. The van der Waals surface area contributed by atoms with Crippen LogP contribution < -0.4 is 0 Å². The van der Waals surface area contributed by atoms with E-state index in [-0.39, 0.29) is 12.8 Å². The molecule has 1 fully saturated rings. The topological polar surface area (TPSA) is 0 Å². The summed E-state index contributed by atoms with van der Waals surface area (Å²) in [6, 6.07) is 0. The largest absolute Gasteiger partial charge is 0.381 e. The van der Waals surface area contributed by atoms with Crippen LogP contribution in [0, 0.1) is 0 Å². The Balaban J connectivity index is 3.46. The minimum absolute atomic E-state index is 0.0808. The van der Waals surface area contributed by atoms with Gasteiger partial charge in [-0.25, -0.2) is 4.39 Å². The van der Waals surface area contributed by atoms with Gasteiger partial charge < -0.3 is 0 Å². The molecule has 1 rings (SSSR count). The summed E-state index contributed by atoms with van der Waals surface area (Å²) in [7, 11) is 0. The highest BCUT2D eigenvalue weighted by molar-refractivity contribution is 14.1. The molecule has 0 aromatic rings. The smallest absolute Gasteiger partial charge is 0.230 e. The molecular weight excluding hydrogens is 430 g/mol. The second-order valence-electron chi connectivity index (χ2n) is 5.44. The molecule has 1 saturated carbocycles. The van der Waals surface area contributed by atoms with Gasteiger partial charge in [-0.1, -0.05) is 42.9 Å². The van der Waals surface area contributed by atoms with Crippen molar-refractivity contribution in [3.8, 4) is 0 Å². The quantitative estimate of drug-likeness (QED) is 0.301. The van der Waals surface area contributed by atoms with Crippen molar-refractivity contribution in [2.75, 3.05) is 0 Å². The molecule has 0 saturated heterocycles. The lowest BCUT2D eigenvalue weighted by Gasteiger charge is -2.36. The van der Waals surface area contributed by atoms with Gasteiger partial charge in [0.05, 0.1) is 0 Å². The number of hydrogen-bond acceptors (Lipinski definition) is 0. The summed E-state index contributed by atoms with van der Waals surface area (Å²) in [6.07, 6.45) is -1.65. The van der Waals surface area contributed by atoms with Crippen LogP contribution in [0.5, 0.6) is 0 Å². The Bertz CT molecular complexity index is 390. The van der Waals surface area contributed by atoms with Crippen LogP contribution in [-0.4, -0.2) is 32.8 Å². The van der Waals surface area contributed by atoms with Gasteiger partial charge in [0.2, 0.25) is 0 Å². The van der Waals surface area contributed by atoms with E-state index in [0.29, 0.717) is 0 Å². The van der Waals surface area contributed by atoms with Gasteiger partial charge in [-0.3, -0.25) is 0 Å². The van der Waals surface area contributed by atoms with Crippen LogP contribution in [0.2, 0.25) is 0 Å². The van der Waals surface area contributed by atoms with Gasteiger partial charge >= 0.3 is 23.7 Å². The summed E-state index contributed by atoms with van der Waals surface area (Å²) in [5, 5.41) is 0. The lowest BCUT2D eigenvalue weighted by Crippen LogP contribution is -2.57. The van der Waals surface area contributed by atoms with Gasteiger partial charge in [-0.15, -0.1) is 0 Å². The number of halogens is 10. The van der Waals surface area contributed by atoms with Crippen molar-refractivity contribution in [2.24, 2.45) is 0 Å². The van der Waals surface area contributed by atoms with E-state index in [0.717, 1.165) is 6.92 Å². The van der Waals surface area contributed by atoms with Gasteiger partial charge in [0.15, 0.2) is 0 Å². The summed E-state index contributed by atoms with van der Waals surface area (Å²) in [6.45, 7) is 2.59. The fourth-order valence-electron chi connectivity index (χ4n) is 2.43. The first kappa shape index (κ1) is 19.1. The molecule has 0 aromatic heterocycles. The molecule has 1 unspecified atom stereocenters. The molecule has 0 N–H and O–H groups in total. The van der Waals surface area contributed by atoms with E-state index in [1.54, 1.807) is 0 Å². The fourth-order valence-corrected chi connectivity index (χ4v) is 3.49. The fraction of sp³-hybridized carbons (Fsp3) is 1.00. The molecule has 1 atom stereocenters. The Morgan fingerprint density at radius 1 is 0.762 bits per heavy atom. The second kappa shape index (κ2) is 4.80. The van der Waals surface area contributed by atoms with Crippen LogP contribution >= 0.6 is 22.6 Å². The molecule has 126 valence electrons. The molecule has 0 radical (unpaired) electrons. The van der Waals surface area contributed by atoms with E-state index >= 15 is 0 Å². The van der Waals surface area contributed by atoms with Gasteiger partial charge in [0.25, 0.3) is 5.67 Å². The average molecular weight is 442 g/mol. The van der Waals surface area contributed by atoms with Crippen LogP contribution in [0.15, 0.2) is 0 Å². The molecule has 0 bridgehead atoms. The van der Waals surface area contributed by atoms with Crippen LogP contribution in [0.4, 0.5) is 39.5 Å². The minimum atomic E-state index is -6.48. The van der Waals surface area contributed by atoms with E-state index in [1.807, 2.05) is 0 Å². The van der Waals surface area contributed by atoms with Gasteiger partial charge in [0.1, 0.15) is 0 Å². The summed E-state index contributed by atoms with van der Waals surface area (Å²) in [4.78, 5) is 0. The molecule has 1 aliphatic carbocycles. The molecule has 0 amide bonds. The maximum Gasteiger partial charge on any atom is 0.381 e. The predicted octanol–water partition coefficient (Wildman–Crippen LogP) is 5.63. The molecule has 10 heteroatoms. The van der Waals surface area contributed by atoms with E-state index in [4.69, 9.17) is 0 Å². The average Bonchev–Trinajstić information content (AvgIpc) is 2.29. The van der Waals surface area contributed by atoms with E-state index in [1.165, 1.54) is 29.5 Å². The molecule has 0 aromatic carbocycles. The van der Waals surface area contributed by atoms with Crippen molar-refractivity contribution in [1.29, 1.82) is 0 Å². The van der Waals surface area contributed by atoms with Crippen molar-refractivity contribution >= 4 is 22.6 Å². The Labute approximate surface area is 128 Å². The third-order valence-corrected chi connectivity index (χ3v) is 4.48. The van der Waals surface area contributed by atoms with Crippen LogP contribution in [0.3, 0.4) is 0 Å². The zero-order valence-electron chi connectivity index (χ0n) is 10.9. The lowest BCUT2D eigenvalue weighted by atomic mass is 9.85. The lowest BCUT2D eigenvalue weighted by molar-refractivity contribution is -0.303. The maximum absolute atomic E-state index is 14.2. The van der Waals surface area contributed by atoms with Gasteiger partial charge in [0, 0.05) is 9.84 Å². The van der Waals surface area contributed by atoms with E-state index in [2.05, 4.69) is 0 Å². The van der Waals surface area contributed by atoms with Crippen molar-refractivity contribution < 1.29 is 39.5 Å². The standard InChI is InChI=1S/C11H12F9I/c1-3-4-6(2,21)5-7(12)8(13,14)10(17,18)11(19,20)9(7,15)16/h3-5H2,1-2H3. The van der Waals surface area contributed by atoms with E-state index < -0.39 is 39.2 Å². The minimum Gasteiger partial charge on any atom is -0.230 e. The highest BCUT2D eigenvalue weighted by atomic mass is 127. The zero-order chi connectivity index (χ0) is 17.1. The van der Waals surface area contributed by atoms with Crippen molar-refractivity contribution in [1.82, 2.24) is 0 Å². The van der Waals surface area contributed by atoms with E-state index in [9.17, 15) is 39.5 Å². The monoisotopic (exact) mass is 442 g/mol. The van der Waals surface area contributed by atoms with Crippen LogP contribution in [0.25, 0.3) is 0 Å². The summed E-state index contributed by atoms with van der Waals surface area (Å²) in [5.41, 5.74) is -5.34. The molecule has 1 aliphatic rings. The molecule has 0 heterocycles. The highest BCUT2D eigenvalue weighted by Gasteiger charge is 3.00. The summed E-state index contributed by atoms with van der Waals surface area (Å²) >= 11 is 1.34. The van der Waals surface area contributed by atoms with Crippen molar-refractivity contribution in [3.05, 3.63) is 0 Å². The number of hydrogen-bond donors (Lipinski definition) is 0. The summed E-state index contributed by atoms with van der Waals surface area (Å²) < 4.78 is 119. The third-order valence-electron chi connectivity index (χ3n) is 3.56. The molecule has 0 aliphatic heterocycles. The Morgan fingerprint density at radius 3 is 1.38 bits per heavy atom. The Hall–Kier alpha value is 0.1000.